The third-order valence-electron chi connectivity index (χ3n) is 4.10. The highest BCUT2D eigenvalue weighted by Gasteiger charge is 2.30. The Morgan fingerprint density at radius 1 is 1.14 bits per heavy atom. The minimum atomic E-state index is -0.550. The molecule has 6 nitrogen and oxygen atoms in total. The molecule has 3 amide bonds. The van der Waals surface area contributed by atoms with Gasteiger partial charge < -0.3 is 15.5 Å². The van der Waals surface area contributed by atoms with Gasteiger partial charge in [0.05, 0.1) is 33.2 Å². The number of carbonyl (C=O) groups is 3. The van der Waals surface area contributed by atoms with Crippen molar-refractivity contribution in [2.24, 2.45) is 0 Å². The van der Waals surface area contributed by atoms with Crippen molar-refractivity contribution >= 4 is 64.1 Å². The number of amides is 3. The quantitative estimate of drug-likeness (QED) is 0.743. The molecule has 1 aliphatic heterocycles. The minimum absolute atomic E-state index is 0.0124. The molecule has 1 heterocycles. The van der Waals surface area contributed by atoms with E-state index in [0.717, 1.165) is 10.6 Å². The number of carbonyl (C=O) groups excluding carboxylic acids is 3. The van der Waals surface area contributed by atoms with Gasteiger partial charge in [-0.25, -0.2) is 0 Å². The van der Waals surface area contributed by atoms with Crippen LogP contribution in [0.2, 0.25) is 10.0 Å². The lowest BCUT2D eigenvalue weighted by Crippen LogP contribution is -2.39. The number of benzene rings is 2. The lowest BCUT2D eigenvalue weighted by Gasteiger charge is -2.25. The summed E-state index contributed by atoms with van der Waals surface area (Å²) < 4.78 is 0. The zero-order valence-corrected chi connectivity index (χ0v) is 17.2. The van der Waals surface area contributed by atoms with E-state index in [-0.39, 0.29) is 24.8 Å². The zero-order chi connectivity index (χ0) is 20.3. The number of hydrogen-bond acceptors (Lipinski definition) is 4. The Balaban J connectivity index is 1.57. The van der Waals surface area contributed by atoms with Gasteiger partial charge >= 0.3 is 0 Å². The van der Waals surface area contributed by atoms with Gasteiger partial charge in [-0.3, -0.25) is 14.4 Å². The van der Waals surface area contributed by atoms with Crippen molar-refractivity contribution < 1.29 is 14.4 Å². The smallest absolute Gasteiger partial charge is 0.244 e. The lowest BCUT2D eigenvalue weighted by atomic mass is 10.2. The Bertz CT molecular complexity index is 918. The molecule has 9 heteroatoms. The van der Waals surface area contributed by atoms with Crippen molar-refractivity contribution in [3.05, 3.63) is 52.5 Å². The van der Waals surface area contributed by atoms with E-state index < -0.39 is 11.2 Å². The number of halogens is 2. The van der Waals surface area contributed by atoms with Crippen LogP contribution in [0, 0.1) is 0 Å². The van der Waals surface area contributed by atoms with Crippen molar-refractivity contribution in [1.82, 2.24) is 4.90 Å². The number of para-hydroxylation sites is 2. The summed E-state index contributed by atoms with van der Waals surface area (Å²) in [4.78, 5) is 39.2. The predicted octanol–water partition coefficient (Wildman–Crippen LogP) is 3.89. The maximum absolute atomic E-state index is 12.5. The summed E-state index contributed by atoms with van der Waals surface area (Å²) >= 11 is 13.4. The summed E-state index contributed by atoms with van der Waals surface area (Å²) in [5, 5.41) is 5.48. The highest BCUT2D eigenvalue weighted by Crippen LogP contribution is 2.36. The molecule has 0 aliphatic carbocycles. The molecule has 146 valence electrons. The molecule has 1 atom stereocenters. The Morgan fingerprint density at radius 2 is 1.82 bits per heavy atom. The molecule has 0 bridgehead atoms. The lowest BCUT2D eigenvalue weighted by molar-refractivity contribution is -0.134. The van der Waals surface area contributed by atoms with E-state index in [4.69, 9.17) is 23.2 Å². The molecule has 2 aromatic rings. The fraction of sp³-hybridized carbons (Fsp3) is 0.211. The van der Waals surface area contributed by atoms with Crippen molar-refractivity contribution in [2.45, 2.75) is 16.6 Å². The van der Waals surface area contributed by atoms with Crippen molar-refractivity contribution in [3.8, 4) is 0 Å². The number of nitrogens with one attached hydrogen (secondary N) is 2. The summed E-state index contributed by atoms with van der Waals surface area (Å²) in [6, 6.07) is 12.3. The average Bonchev–Trinajstić information content (AvgIpc) is 2.65. The van der Waals surface area contributed by atoms with Crippen molar-refractivity contribution in [2.75, 3.05) is 24.2 Å². The van der Waals surface area contributed by atoms with E-state index in [2.05, 4.69) is 10.6 Å². The highest BCUT2D eigenvalue weighted by atomic mass is 35.5. The number of rotatable bonds is 5. The van der Waals surface area contributed by atoms with Crippen LogP contribution in [0.25, 0.3) is 0 Å². The van der Waals surface area contributed by atoms with E-state index >= 15 is 0 Å². The first-order chi connectivity index (χ1) is 13.3. The van der Waals surface area contributed by atoms with Crippen LogP contribution >= 0.6 is 35.0 Å². The van der Waals surface area contributed by atoms with Crippen LogP contribution in [0.3, 0.4) is 0 Å². The molecular weight excluding hydrogens is 421 g/mol. The van der Waals surface area contributed by atoms with Crippen LogP contribution in [-0.2, 0) is 14.4 Å². The van der Waals surface area contributed by atoms with E-state index in [1.54, 1.807) is 18.2 Å². The number of likely N-dealkylation sites (N-methyl/N-ethyl adjacent to an activating group) is 1. The minimum Gasteiger partial charge on any atom is -0.336 e. The Hall–Kier alpha value is -2.22. The van der Waals surface area contributed by atoms with Gasteiger partial charge in [0, 0.05) is 18.4 Å². The molecule has 0 aromatic heterocycles. The topological polar surface area (TPSA) is 78.5 Å². The molecular formula is C19H17Cl2N3O3S. The van der Waals surface area contributed by atoms with Gasteiger partial charge in [0.15, 0.2) is 0 Å². The first-order valence-corrected chi connectivity index (χ1v) is 10.0. The summed E-state index contributed by atoms with van der Waals surface area (Å²) in [6.45, 7) is -0.185. The standard InChI is InChI=1S/C19H17Cl2N3O3S/c1-24(10-16(25)23-18-11(20)5-4-6-12(18)21)17(26)9-15-19(27)22-13-7-2-3-8-14(13)28-15/h2-8,15H,9-10H2,1H3,(H,22,27)(H,23,25)/t15-/m0/s1. The van der Waals surface area contributed by atoms with E-state index in [1.807, 2.05) is 24.3 Å². The molecule has 0 saturated carbocycles. The second-order valence-corrected chi connectivity index (χ2v) is 8.25. The first-order valence-electron chi connectivity index (χ1n) is 8.39. The third kappa shape index (κ3) is 4.79. The second-order valence-electron chi connectivity index (χ2n) is 6.19. The van der Waals surface area contributed by atoms with Gasteiger partial charge in [-0.2, -0.15) is 0 Å². The number of thioether (sulfide) groups is 1. The Kier molecular flexibility index (Phi) is 6.49. The predicted molar refractivity (Wildman–Crippen MR) is 112 cm³/mol. The van der Waals surface area contributed by atoms with Crippen LogP contribution in [0.1, 0.15) is 6.42 Å². The molecule has 0 spiro atoms. The fourth-order valence-electron chi connectivity index (χ4n) is 2.64. The van der Waals surface area contributed by atoms with Gasteiger partial charge in [0.25, 0.3) is 0 Å². The van der Waals surface area contributed by atoms with Crippen molar-refractivity contribution in [3.63, 3.8) is 0 Å². The zero-order valence-electron chi connectivity index (χ0n) is 14.9. The molecule has 2 N–H and O–H groups in total. The van der Waals surface area contributed by atoms with Gasteiger partial charge in [-0.05, 0) is 24.3 Å². The van der Waals surface area contributed by atoms with Crippen LogP contribution in [0.5, 0.6) is 0 Å². The number of fused-ring (bicyclic) bond motifs is 1. The normalized spacial score (nSPS) is 15.4. The number of nitrogens with zero attached hydrogens (tertiary/aromatic N) is 1. The number of hydrogen-bond donors (Lipinski definition) is 2. The highest BCUT2D eigenvalue weighted by molar-refractivity contribution is 8.01. The van der Waals surface area contributed by atoms with Gasteiger partial charge in [0.2, 0.25) is 17.7 Å². The van der Waals surface area contributed by atoms with Crippen LogP contribution in [0.15, 0.2) is 47.4 Å². The Labute approximate surface area is 176 Å². The van der Waals surface area contributed by atoms with Crippen molar-refractivity contribution in [1.29, 1.82) is 0 Å². The summed E-state index contributed by atoms with van der Waals surface area (Å²) in [6.07, 6.45) is -0.0124. The third-order valence-corrected chi connectivity index (χ3v) is 6.01. The summed E-state index contributed by atoms with van der Waals surface area (Å²) in [5.41, 5.74) is 1.04. The molecule has 0 fully saturated rings. The van der Waals surface area contributed by atoms with Gasteiger partial charge in [-0.1, -0.05) is 41.4 Å². The van der Waals surface area contributed by atoms with Gasteiger partial charge in [0.1, 0.15) is 0 Å². The molecule has 0 unspecified atom stereocenters. The summed E-state index contributed by atoms with van der Waals surface area (Å²) in [7, 11) is 1.51. The maximum atomic E-state index is 12.5. The molecule has 0 saturated heterocycles. The molecule has 1 aliphatic rings. The maximum Gasteiger partial charge on any atom is 0.244 e. The van der Waals surface area contributed by atoms with E-state index in [1.165, 1.54) is 23.7 Å². The summed E-state index contributed by atoms with van der Waals surface area (Å²) in [5.74, 6) is -0.970. The average molecular weight is 438 g/mol. The Morgan fingerprint density at radius 3 is 2.54 bits per heavy atom. The molecule has 0 radical (unpaired) electrons. The monoisotopic (exact) mass is 437 g/mol. The molecule has 28 heavy (non-hydrogen) atoms. The molecule has 3 rings (SSSR count). The van der Waals surface area contributed by atoms with E-state index in [9.17, 15) is 14.4 Å². The van der Waals surface area contributed by atoms with Crippen LogP contribution in [0.4, 0.5) is 11.4 Å². The largest absolute Gasteiger partial charge is 0.336 e. The molecule has 2 aromatic carbocycles. The first kappa shape index (κ1) is 20.5. The van der Waals surface area contributed by atoms with Gasteiger partial charge in [-0.15, -0.1) is 11.8 Å². The SMILES string of the molecule is CN(CC(=O)Nc1c(Cl)cccc1Cl)C(=O)C[C@@H]1Sc2ccccc2NC1=O. The van der Waals surface area contributed by atoms with Crippen LogP contribution in [-0.4, -0.2) is 41.5 Å². The van der Waals surface area contributed by atoms with E-state index in [0.29, 0.717) is 15.7 Å². The fourth-order valence-corrected chi connectivity index (χ4v) is 4.23. The second kappa shape index (κ2) is 8.86. The number of anilines is 2. The van der Waals surface area contributed by atoms with Crippen LogP contribution < -0.4 is 10.6 Å².